The molecule has 2 aliphatic rings. The van der Waals surface area contributed by atoms with Gasteiger partial charge in [0.15, 0.2) is 6.04 Å². The fourth-order valence-corrected chi connectivity index (χ4v) is 9.37. The number of phenols is 1. The van der Waals surface area contributed by atoms with Crippen molar-refractivity contribution in [1.82, 2.24) is 46.7 Å². The van der Waals surface area contributed by atoms with Crippen molar-refractivity contribution in [3.05, 3.63) is 65.9 Å². The van der Waals surface area contributed by atoms with E-state index in [4.69, 9.17) is 22.9 Å². The van der Waals surface area contributed by atoms with E-state index in [1.807, 2.05) is 0 Å². The number of carboxylic acids is 1. The monoisotopic (exact) mass is 1120 g/mol. The summed E-state index contributed by atoms with van der Waals surface area (Å²) >= 11 is 0. The average molecular weight is 1120 g/mol. The lowest BCUT2D eigenvalue weighted by Crippen LogP contribution is -2.61. The van der Waals surface area contributed by atoms with Crippen molar-refractivity contribution in [2.24, 2.45) is 22.9 Å². The highest BCUT2D eigenvalue weighted by Gasteiger charge is 2.45. The Balaban J connectivity index is 1.38. The fourth-order valence-electron chi connectivity index (χ4n) is 9.37. The number of nitrogens with zero attached hydrogens (tertiary/aromatic N) is 2. The number of hydrogen-bond donors (Lipinski definition) is 15. The molecule has 5 rings (SSSR count). The van der Waals surface area contributed by atoms with Crippen molar-refractivity contribution in [3.63, 3.8) is 0 Å². The zero-order chi connectivity index (χ0) is 59.0. The minimum atomic E-state index is -1.87. The Morgan fingerprint density at radius 3 is 1.79 bits per heavy atom. The predicted octanol–water partition coefficient (Wildman–Crippen LogP) is -5.26. The summed E-state index contributed by atoms with van der Waals surface area (Å²) in [6.07, 6.45) is -1.75. The molecule has 0 saturated carbocycles. The number of aliphatic carboxylic acids is 1. The number of nitrogens with one attached hydrogen (secondary N) is 7. The molecule has 19 N–H and O–H groups in total. The van der Waals surface area contributed by atoms with Gasteiger partial charge in [-0.05, 0) is 74.8 Å². The van der Waals surface area contributed by atoms with E-state index in [-0.39, 0.29) is 70.2 Å². The zero-order valence-corrected chi connectivity index (χ0v) is 43.8. The second kappa shape index (κ2) is 28.8. The molecule has 2 fully saturated rings. The Labute approximate surface area is 457 Å². The molecular weight excluding hydrogens is 1050 g/mol. The highest BCUT2D eigenvalue weighted by Crippen LogP contribution is 2.27. The van der Waals surface area contributed by atoms with E-state index in [2.05, 4.69) is 36.9 Å². The normalized spacial score (nSPS) is 18.0. The first-order chi connectivity index (χ1) is 37.9. The van der Waals surface area contributed by atoms with Gasteiger partial charge in [-0.25, -0.2) is 4.79 Å². The van der Waals surface area contributed by atoms with Crippen LogP contribution in [0.15, 0.2) is 54.7 Å². The van der Waals surface area contributed by atoms with E-state index in [1.54, 1.807) is 30.5 Å². The van der Waals surface area contributed by atoms with Gasteiger partial charge in [-0.1, -0.05) is 30.3 Å². The molecule has 29 heteroatoms. The number of H-pyrrole nitrogens is 1. The number of fused-ring (bicyclic) bond motifs is 1. The molecule has 0 radical (unpaired) electrons. The topological polar surface area (TPSA) is 484 Å². The number of phenolic OH excluding ortho intramolecular Hbond substituents is 1. The van der Waals surface area contributed by atoms with Crippen molar-refractivity contribution in [2.45, 2.75) is 138 Å². The van der Waals surface area contributed by atoms with Gasteiger partial charge in [0.2, 0.25) is 65.0 Å². The number of aliphatic hydroxyl groups is 2. The summed E-state index contributed by atoms with van der Waals surface area (Å²) in [6.45, 7) is 0.0824. The number of primary amides is 3. The van der Waals surface area contributed by atoms with Crippen LogP contribution < -0.4 is 54.8 Å². The quantitative estimate of drug-likeness (QED) is 0.0309. The van der Waals surface area contributed by atoms with E-state index in [0.717, 1.165) is 4.90 Å². The van der Waals surface area contributed by atoms with Crippen LogP contribution >= 0.6 is 0 Å². The van der Waals surface area contributed by atoms with Crippen LogP contribution in [0.3, 0.4) is 0 Å². The van der Waals surface area contributed by atoms with Gasteiger partial charge in [0.25, 0.3) is 0 Å². The summed E-state index contributed by atoms with van der Waals surface area (Å²) in [5.41, 5.74) is 23.5. The molecule has 3 aromatic rings. The summed E-state index contributed by atoms with van der Waals surface area (Å²) in [6, 6.07) is -1.47. The van der Waals surface area contributed by atoms with Crippen molar-refractivity contribution < 1.29 is 78.0 Å². The van der Waals surface area contributed by atoms with Crippen LogP contribution in [0.2, 0.25) is 0 Å². The van der Waals surface area contributed by atoms with Crippen LogP contribution in [0.1, 0.15) is 75.8 Å². The van der Waals surface area contributed by atoms with E-state index in [9.17, 15) is 78.0 Å². The third-order valence-electron chi connectivity index (χ3n) is 13.6. The summed E-state index contributed by atoms with van der Waals surface area (Å²) in [7, 11) is 0. The molecule has 1 aromatic heterocycles. The first kappa shape index (κ1) is 62.1. The van der Waals surface area contributed by atoms with E-state index in [1.165, 1.54) is 36.1 Å². The van der Waals surface area contributed by atoms with Gasteiger partial charge in [-0.3, -0.25) is 52.7 Å². The van der Waals surface area contributed by atoms with Crippen molar-refractivity contribution in [1.29, 1.82) is 0 Å². The molecule has 2 aromatic carbocycles. The van der Waals surface area contributed by atoms with Crippen molar-refractivity contribution >= 4 is 81.9 Å². The number of aromatic hydroxyl groups is 1. The molecule has 0 spiro atoms. The van der Waals surface area contributed by atoms with E-state index in [0.29, 0.717) is 28.5 Å². The number of amides is 11. The highest BCUT2D eigenvalue weighted by molar-refractivity contribution is 6.00. The Hall–Kier alpha value is -8.70. The van der Waals surface area contributed by atoms with Gasteiger partial charge in [0.05, 0.1) is 25.2 Å². The molecule has 434 valence electrons. The SMILES string of the molecule is C[C@@H](O)[C@H](NC(=O)[C@@H]1CCCN1C(=O)[C@@H]1CCCN1C(=O)[C@H](CC(N)=O)NC(=O)[C@H](Cc1ccc(O)cc1)NC(=O)[C@H](CO)NC(=O)[C@H](Cc1c[nH]c2ccccc12)NC(=O)[C@H](CCC(N)=O)NC(=O)[C@@H](N)CCC(N)=O)C(=O)O. The number of rotatable bonds is 29. The number of carbonyl (C=O) groups is 12. The second-order valence-corrected chi connectivity index (χ2v) is 19.7. The maximum absolute atomic E-state index is 14.4. The summed E-state index contributed by atoms with van der Waals surface area (Å²) in [5.74, 6) is -12.0. The molecule has 29 nitrogen and oxygen atoms in total. The van der Waals surface area contributed by atoms with Gasteiger partial charge < -0.3 is 90.0 Å². The molecular formula is C51H69N13O16. The molecule has 0 bridgehead atoms. The van der Waals surface area contributed by atoms with Crippen molar-refractivity contribution in [3.8, 4) is 5.75 Å². The third-order valence-corrected chi connectivity index (χ3v) is 13.6. The Bertz CT molecular complexity index is 2790. The maximum atomic E-state index is 14.4. The Morgan fingerprint density at radius 1 is 0.650 bits per heavy atom. The van der Waals surface area contributed by atoms with Crippen LogP contribution in [0.25, 0.3) is 10.9 Å². The van der Waals surface area contributed by atoms with E-state index < -0.39 is 151 Å². The van der Waals surface area contributed by atoms with Crippen LogP contribution in [0, 0.1) is 0 Å². The van der Waals surface area contributed by atoms with Crippen LogP contribution in [-0.2, 0) is 70.4 Å². The molecule has 0 unspecified atom stereocenters. The number of aliphatic hydroxyl groups excluding tert-OH is 2. The number of aromatic amines is 1. The smallest absolute Gasteiger partial charge is 0.328 e. The molecule has 3 heterocycles. The van der Waals surface area contributed by atoms with Gasteiger partial charge in [-0.15, -0.1) is 0 Å². The van der Waals surface area contributed by atoms with Crippen molar-refractivity contribution in [2.75, 3.05) is 19.7 Å². The molecule has 10 atom stereocenters. The fraction of sp³-hybridized carbons (Fsp3) is 0.490. The summed E-state index contributed by atoms with van der Waals surface area (Å²) in [4.78, 5) is 165. The lowest BCUT2D eigenvalue weighted by atomic mass is 10.0. The molecule has 80 heavy (non-hydrogen) atoms. The highest BCUT2D eigenvalue weighted by atomic mass is 16.4. The number of hydrogen-bond acceptors (Lipinski definition) is 16. The molecule has 2 aliphatic heterocycles. The predicted molar refractivity (Wildman–Crippen MR) is 280 cm³/mol. The summed E-state index contributed by atoms with van der Waals surface area (Å²) in [5, 5.41) is 55.1. The maximum Gasteiger partial charge on any atom is 0.328 e. The molecule has 11 amide bonds. The van der Waals surface area contributed by atoms with Gasteiger partial charge in [0.1, 0.15) is 48.0 Å². The number of para-hydroxylation sites is 1. The first-order valence-corrected chi connectivity index (χ1v) is 25.8. The Morgan fingerprint density at radius 2 is 1.19 bits per heavy atom. The van der Waals surface area contributed by atoms with Gasteiger partial charge >= 0.3 is 5.97 Å². The summed E-state index contributed by atoms with van der Waals surface area (Å²) < 4.78 is 0. The number of likely N-dealkylation sites (tertiary alicyclic amines) is 2. The lowest BCUT2D eigenvalue weighted by Gasteiger charge is -2.33. The molecule has 0 aliphatic carbocycles. The number of aromatic nitrogens is 1. The molecule has 2 saturated heterocycles. The van der Waals surface area contributed by atoms with Crippen LogP contribution in [0.5, 0.6) is 5.75 Å². The van der Waals surface area contributed by atoms with Gasteiger partial charge in [0, 0.05) is 55.9 Å². The largest absolute Gasteiger partial charge is 0.508 e. The minimum Gasteiger partial charge on any atom is -0.508 e. The average Bonchev–Trinajstić information content (AvgIpc) is 4.21. The standard InChI is InChI=1S/C51H69N13O16/c1-25(66)42(51(79)80)62-48(76)37-8-4-18-63(37)50(78)38-9-5-19-64(38)49(77)35(22-41(55)70)60-45(73)33(20-26-10-12-28(67)13-11-26)58-47(75)36(24-65)61-46(74)34(21-27-23-56-31-7-3-2-6-29(27)31)59-44(72)32(15-17-40(54)69)57-43(71)30(52)14-16-39(53)68/h2-3,6-7,10-13,23,25,30,32-38,42,56,65-67H,4-5,8-9,14-22,24,52H2,1H3,(H2,53,68)(H2,54,69)(H2,55,70)(H,57,71)(H,58,75)(H,59,72)(H,60,73)(H,61,74)(H,62,76)(H,79,80)/t25-,30+,32+,33+,34+,35+,36+,37+,38+,42+/m1/s1. The minimum absolute atomic E-state index is 0.0449. The third kappa shape index (κ3) is 17.1. The van der Waals surface area contributed by atoms with E-state index >= 15 is 0 Å². The van der Waals surface area contributed by atoms with Gasteiger partial charge in [-0.2, -0.15) is 0 Å². The van der Waals surface area contributed by atoms with Crippen LogP contribution in [0.4, 0.5) is 0 Å². The zero-order valence-electron chi connectivity index (χ0n) is 43.8. The van der Waals surface area contributed by atoms with Crippen LogP contribution in [-0.4, -0.2) is 186 Å². The second-order valence-electron chi connectivity index (χ2n) is 19.7. The number of benzene rings is 2. The Kier molecular flexibility index (Phi) is 22.4. The number of carbonyl (C=O) groups excluding carboxylic acids is 11. The lowest BCUT2D eigenvalue weighted by molar-refractivity contribution is -0.149. The first-order valence-electron chi connectivity index (χ1n) is 25.8. The number of nitrogens with two attached hydrogens (primary N) is 4. The number of carboxylic acid groups (broad SMARTS) is 1.